The van der Waals surface area contributed by atoms with Crippen LogP contribution < -0.4 is 60.6 Å². The normalized spacial score (nSPS) is 11.4. The summed E-state index contributed by atoms with van der Waals surface area (Å²) in [6, 6.07) is 0. The van der Waals surface area contributed by atoms with Crippen LogP contribution in [0.25, 0.3) is 0 Å². The maximum absolute atomic E-state index is 12.9. The fraction of sp³-hybridized carbons (Fsp3) is 0.884. The van der Waals surface area contributed by atoms with Crippen LogP contribution in [0.1, 0.15) is 109 Å². The van der Waals surface area contributed by atoms with E-state index in [2.05, 4.69) is 46.6 Å². The van der Waals surface area contributed by atoms with Crippen molar-refractivity contribution in [3.63, 3.8) is 0 Å². The Balaban J connectivity index is 5.84. The van der Waals surface area contributed by atoms with E-state index >= 15 is 0 Å². The van der Waals surface area contributed by atoms with Crippen molar-refractivity contribution in [1.29, 1.82) is 0 Å². The SMILES string of the molecule is NCCCCCNC(=O)CCN(CCC(=O)NCCCCCN)CCN(CCC(=O)NCCNCCN)CCN(CCC(=O)NCCCCCN)CCC(=O)NCCCCCN. The zero-order valence-electron chi connectivity index (χ0n) is 38.6. The molecule has 0 atom stereocenters. The van der Waals surface area contributed by atoms with Crippen LogP contribution in [0.2, 0.25) is 0 Å². The molecule has 364 valence electrons. The fourth-order valence-corrected chi connectivity index (χ4v) is 6.53. The molecule has 16 N–H and O–H groups in total. The highest BCUT2D eigenvalue weighted by Crippen LogP contribution is 2.04. The smallest absolute Gasteiger partial charge is 0.221 e. The number of hydrogen-bond donors (Lipinski definition) is 11. The Kier molecular flexibility index (Phi) is 42.4. The number of rotatable bonds is 46. The molecule has 0 saturated heterocycles. The molecule has 0 aliphatic heterocycles. The van der Waals surface area contributed by atoms with Gasteiger partial charge in [0, 0.05) is 143 Å². The van der Waals surface area contributed by atoms with Crippen LogP contribution in [-0.2, 0) is 24.0 Å². The van der Waals surface area contributed by atoms with E-state index in [4.69, 9.17) is 28.7 Å². The van der Waals surface area contributed by atoms with E-state index in [-0.39, 0.29) is 36.0 Å². The predicted octanol–water partition coefficient (Wildman–Crippen LogP) is -1.51. The van der Waals surface area contributed by atoms with Crippen LogP contribution in [0, 0.1) is 0 Å². The molecular formula is C43H92N14O5. The lowest BCUT2D eigenvalue weighted by Gasteiger charge is -2.30. The molecule has 5 amide bonds. The number of amides is 5. The first kappa shape index (κ1) is 59.0. The molecule has 62 heavy (non-hydrogen) atoms. The van der Waals surface area contributed by atoms with Crippen molar-refractivity contribution in [1.82, 2.24) is 46.6 Å². The third-order valence-electron chi connectivity index (χ3n) is 10.5. The number of nitrogens with zero attached hydrogens (tertiary/aromatic N) is 3. The average molecular weight is 885 g/mol. The summed E-state index contributed by atoms with van der Waals surface area (Å²) >= 11 is 0. The molecule has 0 spiro atoms. The Morgan fingerprint density at radius 1 is 0.274 bits per heavy atom. The summed E-state index contributed by atoms with van der Waals surface area (Å²) in [5.74, 6) is -0.184. The van der Waals surface area contributed by atoms with Crippen LogP contribution in [0.5, 0.6) is 0 Å². The van der Waals surface area contributed by atoms with Crippen molar-refractivity contribution in [3.05, 3.63) is 0 Å². The molecule has 0 heterocycles. The first-order chi connectivity index (χ1) is 30.2. The lowest BCUT2D eigenvalue weighted by Crippen LogP contribution is -2.44. The number of nitrogens with two attached hydrogens (primary N) is 5. The number of carbonyl (C=O) groups is 5. The number of carbonyl (C=O) groups excluding carboxylic acids is 5. The van der Waals surface area contributed by atoms with Crippen molar-refractivity contribution in [3.8, 4) is 0 Å². The summed E-state index contributed by atoms with van der Waals surface area (Å²) in [6.07, 6.45) is 12.6. The largest absolute Gasteiger partial charge is 0.356 e. The van der Waals surface area contributed by atoms with E-state index in [0.717, 1.165) is 77.0 Å². The van der Waals surface area contributed by atoms with Gasteiger partial charge in [0.15, 0.2) is 0 Å². The van der Waals surface area contributed by atoms with Gasteiger partial charge in [-0.15, -0.1) is 0 Å². The third-order valence-corrected chi connectivity index (χ3v) is 10.5. The van der Waals surface area contributed by atoms with Gasteiger partial charge < -0.3 is 75.3 Å². The van der Waals surface area contributed by atoms with Gasteiger partial charge in [0.05, 0.1) is 0 Å². The van der Waals surface area contributed by atoms with Gasteiger partial charge in [0.2, 0.25) is 29.5 Å². The van der Waals surface area contributed by atoms with Crippen LogP contribution in [-0.4, -0.2) is 182 Å². The molecule has 0 aromatic rings. The Labute approximate surface area is 374 Å². The highest BCUT2D eigenvalue weighted by atomic mass is 16.2. The van der Waals surface area contributed by atoms with Gasteiger partial charge in [-0.3, -0.25) is 24.0 Å². The minimum absolute atomic E-state index is 0.0311. The zero-order chi connectivity index (χ0) is 45.7. The van der Waals surface area contributed by atoms with Gasteiger partial charge in [0.1, 0.15) is 0 Å². The molecule has 0 rings (SSSR count). The quantitative estimate of drug-likeness (QED) is 0.0310. The number of hydrogen-bond acceptors (Lipinski definition) is 14. The molecule has 19 heteroatoms. The molecule has 0 bridgehead atoms. The van der Waals surface area contributed by atoms with Gasteiger partial charge in [-0.2, -0.15) is 0 Å². The van der Waals surface area contributed by atoms with Crippen molar-refractivity contribution in [2.75, 3.05) is 137 Å². The molecule has 0 saturated carbocycles. The lowest BCUT2D eigenvalue weighted by molar-refractivity contribution is -0.123. The van der Waals surface area contributed by atoms with Crippen LogP contribution in [0.4, 0.5) is 0 Å². The summed E-state index contributed by atoms with van der Waals surface area (Å²) in [4.78, 5) is 70.7. The highest BCUT2D eigenvalue weighted by molar-refractivity contribution is 5.77. The second kappa shape index (κ2) is 44.6. The maximum Gasteiger partial charge on any atom is 0.221 e. The summed E-state index contributed by atoms with van der Waals surface area (Å²) in [6.45, 7) is 12.1. The molecule has 0 radical (unpaired) electrons. The summed E-state index contributed by atoms with van der Waals surface area (Å²) < 4.78 is 0. The standard InChI is InChI=1S/C43H92N14O5/c44-18-5-1-9-23-50-39(58)13-30-55(31-14-40(59)51-24-10-2-6-19-45)35-37-57(34-17-43(62)54-29-28-49-27-22-48)38-36-56(32-15-41(60)52-25-11-3-7-20-46)33-16-42(61)53-26-12-4-8-21-47/h49H,1-38,44-48H2,(H,50,58)(H,51,59)(H,52,60)(H,53,61)(H,54,62). The predicted molar refractivity (Wildman–Crippen MR) is 251 cm³/mol. The van der Waals surface area contributed by atoms with Gasteiger partial charge in [-0.05, 0) is 77.5 Å². The Morgan fingerprint density at radius 3 is 0.790 bits per heavy atom. The van der Waals surface area contributed by atoms with Gasteiger partial charge >= 0.3 is 0 Å². The third kappa shape index (κ3) is 39.8. The van der Waals surface area contributed by atoms with E-state index in [0.29, 0.717) is 163 Å². The minimum atomic E-state index is -0.0594. The van der Waals surface area contributed by atoms with Crippen molar-refractivity contribution < 1.29 is 24.0 Å². The number of nitrogens with one attached hydrogen (secondary N) is 6. The minimum Gasteiger partial charge on any atom is -0.356 e. The summed E-state index contributed by atoms with van der Waals surface area (Å²) in [5.41, 5.74) is 28.0. The molecule has 0 unspecified atom stereocenters. The van der Waals surface area contributed by atoms with Crippen molar-refractivity contribution in [2.24, 2.45) is 28.7 Å². The molecule has 0 aromatic carbocycles. The Hall–Kier alpha value is -3.01. The molecule has 0 aromatic heterocycles. The highest BCUT2D eigenvalue weighted by Gasteiger charge is 2.17. The van der Waals surface area contributed by atoms with Crippen molar-refractivity contribution >= 4 is 29.5 Å². The van der Waals surface area contributed by atoms with Crippen LogP contribution in [0.15, 0.2) is 0 Å². The summed E-state index contributed by atoms with van der Waals surface area (Å²) in [7, 11) is 0. The van der Waals surface area contributed by atoms with Crippen molar-refractivity contribution in [2.45, 2.75) is 109 Å². The molecule has 0 aliphatic carbocycles. The molecule has 0 fully saturated rings. The molecule has 0 aliphatic rings. The molecule has 19 nitrogen and oxygen atoms in total. The monoisotopic (exact) mass is 885 g/mol. The van der Waals surface area contributed by atoms with Gasteiger partial charge in [0.25, 0.3) is 0 Å². The van der Waals surface area contributed by atoms with Crippen LogP contribution in [0.3, 0.4) is 0 Å². The van der Waals surface area contributed by atoms with E-state index in [1.807, 2.05) is 0 Å². The second-order valence-electron chi connectivity index (χ2n) is 16.0. The number of unbranched alkanes of at least 4 members (excludes halogenated alkanes) is 8. The lowest BCUT2D eigenvalue weighted by atomic mass is 10.2. The van der Waals surface area contributed by atoms with E-state index < -0.39 is 0 Å². The maximum atomic E-state index is 12.9. The van der Waals surface area contributed by atoms with Gasteiger partial charge in [-0.25, -0.2) is 0 Å². The second-order valence-corrected chi connectivity index (χ2v) is 16.0. The average Bonchev–Trinajstić information content (AvgIpc) is 3.26. The fourth-order valence-electron chi connectivity index (χ4n) is 6.53. The molecular weight excluding hydrogens is 793 g/mol. The summed E-state index contributed by atoms with van der Waals surface area (Å²) in [5, 5.41) is 18.2. The van der Waals surface area contributed by atoms with E-state index in [9.17, 15) is 24.0 Å². The zero-order valence-corrected chi connectivity index (χ0v) is 38.6. The first-order valence-electron chi connectivity index (χ1n) is 23.9. The van der Waals surface area contributed by atoms with E-state index in [1.54, 1.807) is 0 Å². The van der Waals surface area contributed by atoms with E-state index in [1.165, 1.54) is 0 Å². The Bertz CT molecular complexity index is 981. The first-order valence-corrected chi connectivity index (χ1v) is 23.9. The Morgan fingerprint density at radius 2 is 0.532 bits per heavy atom. The van der Waals surface area contributed by atoms with Gasteiger partial charge in [-0.1, -0.05) is 25.7 Å². The topological polar surface area (TPSA) is 297 Å². The van der Waals surface area contributed by atoms with Crippen LogP contribution >= 0.6 is 0 Å².